The summed E-state index contributed by atoms with van der Waals surface area (Å²) in [6, 6.07) is 15.3. The smallest absolute Gasteiger partial charge is 0.336 e. The third-order valence-corrected chi connectivity index (χ3v) is 6.85. The number of rotatable bonds is 9. The van der Waals surface area contributed by atoms with Gasteiger partial charge in [-0.15, -0.1) is 0 Å². The van der Waals surface area contributed by atoms with Gasteiger partial charge in [0, 0.05) is 17.9 Å². The van der Waals surface area contributed by atoms with Crippen molar-refractivity contribution in [3.05, 3.63) is 82.0 Å². The number of hydrogen-bond acceptors (Lipinski definition) is 2. The summed E-state index contributed by atoms with van der Waals surface area (Å²) in [5, 5.41) is 9.50. The Kier molecular flexibility index (Phi) is 7.48. The number of aryl methyl sites for hydroxylation is 1. The quantitative estimate of drug-likeness (QED) is 0.392. The number of benzene rings is 2. The molecule has 1 fully saturated rings. The maximum Gasteiger partial charge on any atom is 0.336 e. The molecule has 1 aromatic heterocycles. The van der Waals surface area contributed by atoms with Crippen LogP contribution < -0.4 is 5.69 Å². The van der Waals surface area contributed by atoms with Crippen molar-refractivity contribution in [2.45, 2.75) is 77.3 Å². The second-order valence-corrected chi connectivity index (χ2v) is 9.19. The van der Waals surface area contributed by atoms with E-state index in [0.29, 0.717) is 23.7 Å². The zero-order chi connectivity index (χ0) is 23.2. The molecule has 0 aliphatic heterocycles. The second-order valence-electron chi connectivity index (χ2n) is 9.19. The van der Waals surface area contributed by atoms with Crippen molar-refractivity contribution in [1.29, 1.82) is 0 Å². The number of aromatic carboxylic acids is 1. The molecule has 5 nitrogen and oxygen atoms in total. The number of carboxylic acid groups (broad SMARTS) is 1. The van der Waals surface area contributed by atoms with Crippen LogP contribution in [0, 0.1) is 0 Å². The summed E-state index contributed by atoms with van der Waals surface area (Å²) in [6.45, 7) is 2.74. The molecular formula is C28H34N2O3. The Morgan fingerprint density at radius 2 is 1.73 bits per heavy atom. The summed E-state index contributed by atoms with van der Waals surface area (Å²) in [5.74, 6) is -0.929. The summed E-state index contributed by atoms with van der Waals surface area (Å²) in [5.41, 5.74) is 4.15. The highest BCUT2D eigenvalue weighted by atomic mass is 16.4. The number of imidazole rings is 1. The van der Waals surface area contributed by atoms with Crippen LogP contribution in [0.4, 0.5) is 0 Å². The molecule has 0 atom stereocenters. The predicted molar refractivity (Wildman–Crippen MR) is 132 cm³/mol. The highest BCUT2D eigenvalue weighted by Crippen LogP contribution is 2.28. The standard InChI is InChI=1S/C28H34N2O3/c1-2-3-5-12-24-20-30(23-10-6-4-7-11-23)28(33)29(24)19-21-15-17-22(18-16-21)25-13-8-9-14-26(25)27(31)32/h8-9,13-18,20,23H,2-7,10-12,19H2,1H3,(H,31,32). The largest absolute Gasteiger partial charge is 0.478 e. The summed E-state index contributed by atoms with van der Waals surface area (Å²) in [6.07, 6.45) is 12.3. The van der Waals surface area contributed by atoms with E-state index < -0.39 is 5.97 Å². The fourth-order valence-corrected chi connectivity index (χ4v) is 4.99. The van der Waals surface area contributed by atoms with Gasteiger partial charge in [-0.25, -0.2) is 9.59 Å². The minimum Gasteiger partial charge on any atom is -0.478 e. The van der Waals surface area contributed by atoms with Gasteiger partial charge in [-0.3, -0.25) is 9.13 Å². The molecule has 0 saturated heterocycles. The Hall–Kier alpha value is -3.08. The van der Waals surface area contributed by atoms with Crippen LogP contribution in [0.25, 0.3) is 11.1 Å². The average Bonchev–Trinajstić information content (AvgIpc) is 3.15. The fourth-order valence-electron chi connectivity index (χ4n) is 4.99. The van der Waals surface area contributed by atoms with Gasteiger partial charge in [-0.05, 0) is 48.4 Å². The summed E-state index contributed by atoms with van der Waals surface area (Å²) < 4.78 is 3.95. The van der Waals surface area contributed by atoms with Gasteiger partial charge >= 0.3 is 11.7 Å². The van der Waals surface area contributed by atoms with Crippen LogP contribution in [0.3, 0.4) is 0 Å². The van der Waals surface area contributed by atoms with Gasteiger partial charge in [0.1, 0.15) is 0 Å². The maximum atomic E-state index is 13.4. The molecule has 33 heavy (non-hydrogen) atoms. The highest BCUT2D eigenvalue weighted by Gasteiger charge is 2.21. The first kappa shape index (κ1) is 23.1. The maximum absolute atomic E-state index is 13.4. The fraction of sp³-hybridized carbons (Fsp3) is 0.429. The normalized spacial score (nSPS) is 14.5. The van der Waals surface area contributed by atoms with E-state index in [0.717, 1.165) is 48.9 Å². The van der Waals surface area contributed by atoms with Crippen molar-refractivity contribution in [1.82, 2.24) is 9.13 Å². The van der Waals surface area contributed by atoms with E-state index in [-0.39, 0.29) is 5.69 Å². The molecule has 0 amide bonds. The monoisotopic (exact) mass is 446 g/mol. The van der Waals surface area contributed by atoms with Crippen LogP contribution in [0.5, 0.6) is 0 Å². The molecule has 5 heteroatoms. The molecular weight excluding hydrogens is 412 g/mol. The number of aromatic nitrogens is 2. The van der Waals surface area contributed by atoms with Gasteiger partial charge in [-0.2, -0.15) is 0 Å². The van der Waals surface area contributed by atoms with Crippen LogP contribution in [0.15, 0.2) is 59.5 Å². The second kappa shape index (κ2) is 10.7. The lowest BCUT2D eigenvalue weighted by molar-refractivity contribution is 0.0697. The number of nitrogens with zero attached hydrogens (tertiary/aromatic N) is 2. The number of hydrogen-bond donors (Lipinski definition) is 1. The van der Waals surface area contributed by atoms with Crippen LogP contribution in [0.1, 0.15) is 85.9 Å². The Labute approximate surface area is 195 Å². The third kappa shape index (κ3) is 5.29. The Bertz CT molecular complexity index is 1130. The molecule has 1 saturated carbocycles. The Morgan fingerprint density at radius 3 is 2.42 bits per heavy atom. The lowest BCUT2D eigenvalue weighted by Crippen LogP contribution is -2.29. The Morgan fingerprint density at radius 1 is 1.00 bits per heavy atom. The van der Waals surface area contributed by atoms with E-state index in [9.17, 15) is 14.7 Å². The average molecular weight is 447 g/mol. The van der Waals surface area contributed by atoms with Gasteiger partial charge < -0.3 is 5.11 Å². The minimum atomic E-state index is -0.929. The minimum absolute atomic E-state index is 0.105. The predicted octanol–water partition coefficient (Wildman–Crippen LogP) is 6.30. The first-order chi connectivity index (χ1) is 16.1. The van der Waals surface area contributed by atoms with Crippen LogP contribution in [-0.4, -0.2) is 20.2 Å². The molecule has 0 unspecified atom stereocenters. The third-order valence-electron chi connectivity index (χ3n) is 6.85. The van der Waals surface area contributed by atoms with Crippen molar-refractivity contribution in [2.75, 3.05) is 0 Å². The van der Waals surface area contributed by atoms with E-state index in [1.54, 1.807) is 12.1 Å². The summed E-state index contributed by atoms with van der Waals surface area (Å²) in [4.78, 5) is 25.0. The lowest BCUT2D eigenvalue weighted by atomic mass is 9.95. The summed E-state index contributed by atoms with van der Waals surface area (Å²) >= 11 is 0. The van der Waals surface area contributed by atoms with Crippen molar-refractivity contribution in [2.24, 2.45) is 0 Å². The molecule has 1 aliphatic rings. The van der Waals surface area contributed by atoms with Gasteiger partial charge in [0.15, 0.2) is 0 Å². The first-order valence-corrected chi connectivity index (χ1v) is 12.3. The zero-order valence-electron chi connectivity index (χ0n) is 19.5. The molecule has 1 aliphatic carbocycles. The summed E-state index contributed by atoms with van der Waals surface area (Å²) in [7, 11) is 0. The van der Waals surface area contributed by atoms with Gasteiger partial charge in [0.05, 0.1) is 12.1 Å². The molecule has 0 spiro atoms. The van der Waals surface area contributed by atoms with Crippen molar-refractivity contribution in [3.63, 3.8) is 0 Å². The van der Waals surface area contributed by atoms with Crippen molar-refractivity contribution in [3.8, 4) is 11.1 Å². The molecule has 3 aromatic rings. The van der Waals surface area contributed by atoms with Crippen molar-refractivity contribution < 1.29 is 9.90 Å². The zero-order valence-corrected chi connectivity index (χ0v) is 19.5. The van der Waals surface area contributed by atoms with E-state index in [4.69, 9.17) is 0 Å². The molecule has 4 rings (SSSR count). The molecule has 1 heterocycles. The number of unbranched alkanes of at least 4 members (excludes halogenated alkanes) is 2. The van der Waals surface area contributed by atoms with E-state index in [1.165, 1.54) is 25.7 Å². The van der Waals surface area contributed by atoms with Crippen molar-refractivity contribution >= 4 is 5.97 Å². The van der Waals surface area contributed by atoms with Crippen LogP contribution in [-0.2, 0) is 13.0 Å². The number of carboxylic acids is 1. The lowest BCUT2D eigenvalue weighted by Gasteiger charge is -2.22. The van der Waals surface area contributed by atoms with E-state index in [2.05, 4.69) is 13.1 Å². The molecule has 174 valence electrons. The highest BCUT2D eigenvalue weighted by molar-refractivity contribution is 5.95. The Balaban J connectivity index is 1.60. The molecule has 1 N–H and O–H groups in total. The van der Waals surface area contributed by atoms with E-state index in [1.807, 2.05) is 45.5 Å². The van der Waals surface area contributed by atoms with Crippen LogP contribution >= 0.6 is 0 Å². The molecule has 0 bridgehead atoms. The SMILES string of the molecule is CCCCCc1cn(C2CCCCC2)c(=O)n1Cc1ccc(-c2ccccc2C(=O)O)cc1. The first-order valence-electron chi connectivity index (χ1n) is 12.3. The van der Waals surface area contributed by atoms with Gasteiger partial charge in [-0.1, -0.05) is 81.5 Å². The number of carbonyl (C=O) groups is 1. The van der Waals surface area contributed by atoms with Gasteiger partial charge in [0.25, 0.3) is 0 Å². The topological polar surface area (TPSA) is 64.2 Å². The van der Waals surface area contributed by atoms with Gasteiger partial charge in [0.2, 0.25) is 0 Å². The molecule has 2 aromatic carbocycles. The van der Waals surface area contributed by atoms with E-state index >= 15 is 0 Å². The molecule has 0 radical (unpaired) electrons. The van der Waals surface area contributed by atoms with Crippen LogP contribution in [0.2, 0.25) is 0 Å².